The van der Waals surface area contributed by atoms with Crippen LogP contribution >= 0.6 is 0 Å². The minimum absolute atomic E-state index is 0.0967. The summed E-state index contributed by atoms with van der Waals surface area (Å²) in [6, 6.07) is 0. The topological polar surface area (TPSA) is 48.6 Å². The van der Waals surface area contributed by atoms with Gasteiger partial charge < -0.3 is 5.10 Å². The third-order valence-corrected chi connectivity index (χ3v) is 1.41. The molecule has 58 valence electrons. The van der Waals surface area contributed by atoms with E-state index in [1.54, 1.807) is 18.2 Å². The van der Waals surface area contributed by atoms with Gasteiger partial charge >= 0.3 is 0 Å². The van der Waals surface area contributed by atoms with Crippen molar-refractivity contribution < 1.29 is 0 Å². The van der Waals surface area contributed by atoms with Gasteiger partial charge in [0.1, 0.15) is 0 Å². The maximum atomic E-state index is 11.0. The van der Waals surface area contributed by atoms with Crippen LogP contribution in [0.1, 0.15) is 11.3 Å². The van der Waals surface area contributed by atoms with Crippen LogP contribution in [0.3, 0.4) is 0 Å². The summed E-state index contributed by atoms with van der Waals surface area (Å²) in [5, 5.41) is 5.20. The first-order chi connectivity index (χ1) is 5.25. The fraction of sp³-hybridized carbons (Fsp3) is 0.125. The smallest absolute Gasteiger partial charge is 0.271 e. The van der Waals surface area contributed by atoms with Crippen molar-refractivity contribution in [2.24, 2.45) is 0 Å². The highest BCUT2D eigenvalue weighted by Crippen LogP contribution is 1.98. The molecule has 11 heavy (non-hydrogen) atoms. The summed E-state index contributed by atoms with van der Waals surface area (Å²) in [5.41, 5.74) is 1.40. The van der Waals surface area contributed by atoms with Crippen LogP contribution in [0, 0.1) is 6.92 Å². The molecule has 0 saturated carbocycles. The summed E-state index contributed by atoms with van der Waals surface area (Å²) in [5.74, 6) is 0. The third-order valence-electron chi connectivity index (χ3n) is 1.41. The molecule has 0 aliphatic carbocycles. The predicted molar refractivity (Wildman–Crippen MR) is 45.4 cm³/mol. The number of rotatable bonds is 2. The second kappa shape index (κ2) is 3.05. The molecule has 0 spiro atoms. The maximum absolute atomic E-state index is 11.0. The number of allylic oxidation sites excluding steroid dienone is 2. The van der Waals surface area contributed by atoms with Gasteiger partial charge in [-0.3, -0.25) is 9.89 Å². The van der Waals surface area contributed by atoms with Crippen molar-refractivity contribution in [1.82, 2.24) is 10.2 Å². The fourth-order valence-electron chi connectivity index (χ4n) is 0.820. The number of nitrogens with one attached hydrogen (secondary N) is 2. The van der Waals surface area contributed by atoms with Gasteiger partial charge in [-0.1, -0.05) is 18.7 Å². The number of hydrogen-bond donors (Lipinski definition) is 2. The lowest BCUT2D eigenvalue weighted by Gasteiger charge is -1.83. The van der Waals surface area contributed by atoms with Gasteiger partial charge in [0.2, 0.25) is 0 Å². The molecule has 3 heteroatoms. The minimum atomic E-state index is -0.0967. The van der Waals surface area contributed by atoms with Crippen LogP contribution in [0.25, 0.3) is 6.08 Å². The number of aromatic nitrogens is 2. The molecule has 0 aromatic carbocycles. The Bertz CT molecular complexity index is 330. The summed E-state index contributed by atoms with van der Waals surface area (Å²) >= 11 is 0. The Kier molecular flexibility index (Phi) is 2.11. The molecule has 0 bridgehead atoms. The Balaban J connectivity index is 3.11. The molecule has 0 aliphatic heterocycles. The molecule has 1 heterocycles. The lowest BCUT2D eigenvalue weighted by molar-refractivity contribution is 1.02. The average Bonchev–Trinajstić information content (AvgIpc) is 2.29. The third kappa shape index (κ3) is 1.49. The Morgan fingerprint density at radius 3 is 2.64 bits per heavy atom. The largest absolute Gasteiger partial charge is 0.302 e. The highest BCUT2D eigenvalue weighted by atomic mass is 16.1. The summed E-state index contributed by atoms with van der Waals surface area (Å²) in [6.45, 7) is 5.34. The Morgan fingerprint density at radius 1 is 1.45 bits per heavy atom. The molecule has 0 unspecified atom stereocenters. The van der Waals surface area contributed by atoms with E-state index in [2.05, 4.69) is 16.8 Å². The Hall–Kier alpha value is -1.51. The quantitative estimate of drug-likeness (QED) is 0.611. The van der Waals surface area contributed by atoms with Crippen molar-refractivity contribution in [3.8, 4) is 0 Å². The molecule has 0 amide bonds. The van der Waals surface area contributed by atoms with Gasteiger partial charge in [-0.05, 0) is 13.0 Å². The van der Waals surface area contributed by atoms with Crippen molar-refractivity contribution in [2.45, 2.75) is 6.92 Å². The van der Waals surface area contributed by atoms with Crippen LogP contribution in [0.4, 0.5) is 0 Å². The number of aromatic amines is 2. The number of hydrogen-bond acceptors (Lipinski definition) is 1. The van der Waals surface area contributed by atoms with Crippen LogP contribution < -0.4 is 5.56 Å². The monoisotopic (exact) mass is 150 g/mol. The van der Waals surface area contributed by atoms with E-state index >= 15 is 0 Å². The lowest BCUT2D eigenvalue weighted by atomic mass is 10.2. The van der Waals surface area contributed by atoms with Crippen molar-refractivity contribution in [3.05, 3.63) is 40.3 Å². The van der Waals surface area contributed by atoms with Gasteiger partial charge in [0.05, 0.1) is 5.56 Å². The van der Waals surface area contributed by atoms with E-state index in [0.717, 1.165) is 5.69 Å². The average molecular weight is 150 g/mol. The van der Waals surface area contributed by atoms with E-state index in [0.29, 0.717) is 5.56 Å². The molecule has 2 N–H and O–H groups in total. The second-order valence-corrected chi connectivity index (χ2v) is 2.21. The standard InChI is InChI=1S/C8H10N2O/c1-3-4-5-7-6(2)9-10-8(7)11/h3-5H,1H2,2H3,(H2,9,10,11)/b5-4-. The summed E-state index contributed by atoms with van der Waals surface area (Å²) < 4.78 is 0. The van der Waals surface area contributed by atoms with Gasteiger partial charge in [-0.15, -0.1) is 0 Å². The van der Waals surface area contributed by atoms with E-state index in [-0.39, 0.29) is 5.56 Å². The molecule has 0 radical (unpaired) electrons. The van der Waals surface area contributed by atoms with E-state index in [1.807, 2.05) is 6.92 Å². The molecular weight excluding hydrogens is 140 g/mol. The van der Waals surface area contributed by atoms with E-state index in [1.165, 1.54) is 0 Å². The molecule has 0 fully saturated rings. The first kappa shape index (κ1) is 7.60. The van der Waals surface area contributed by atoms with Gasteiger partial charge in [-0.2, -0.15) is 0 Å². The van der Waals surface area contributed by atoms with Crippen LogP contribution in [-0.2, 0) is 0 Å². The highest BCUT2D eigenvalue weighted by Gasteiger charge is 1.99. The molecule has 1 aromatic rings. The lowest BCUT2D eigenvalue weighted by Crippen LogP contribution is -2.01. The van der Waals surface area contributed by atoms with Gasteiger partial charge in [-0.25, -0.2) is 0 Å². The van der Waals surface area contributed by atoms with E-state index in [4.69, 9.17) is 0 Å². The van der Waals surface area contributed by atoms with Crippen LogP contribution in [0.5, 0.6) is 0 Å². The van der Waals surface area contributed by atoms with Gasteiger partial charge in [0, 0.05) is 5.69 Å². The number of H-pyrrole nitrogens is 2. The van der Waals surface area contributed by atoms with Crippen molar-refractivity contribution >= 4 is 6.08 Å². The zero-order valence-electron chi connectivity index (χ0n) is 6.35. The zero-order chi connectivity index (χ0) is 8.27. The first-order valence-corrected chi connectivity index (χ1v) is 3.32. The summed E-state index contributed by atoms with van der Waals surface area (Å²) in [7, 11) is 0. The molecule has 0 aliphatic rings. The Morgan fingerprint density at radius 2 is 2.18 bits per heavy atom. The van der Waals surface area contributed by atoms with E-state index in [9.17, 15) is 4.79 Å². The van der Waals surface area contributed by atoms with Crippen LogP contribution in [-0.4, -0.2) is 10.2 Å². The molecule has 1 rings (SSSR count). The molecule has 0 saturated heterocycles. The highest BCUT2D eigenvalue weighted by molar-refractivity contribution is 5.51. The second-order valence-electron chi connectivity index (χ2n) is 2.21. The summed E-state index contributed by atoms with van der Waals surface area (Å²) in [6.07, 6.45) is 5.08. The number of aryl methyl sites for hydroxylation is 1. The fourth-order valence-corrected chi connectivity index (χ4v) is 0.820. The van der Waals surface area contributed by atoms with Crippen LogP contribution in [0.2, 0.25) is 0 Å². The van der Waals surface area contributed by atoms with Crippen molar-refractivity contribution in [1.29, 1.82) is 0 Å². The predicted octanol–water partition coefficient (Wildman–Crippen LogP) is 1.21. The molecule has 0 atom stereocenters. The molecule has 1 aromatic heterocycles. The minimum Gasteiger partial charge on any atom is -0.302 e. The van der Waals surface area contributed by atoms with E-state index < -0.39 is 0 Å². The Labute approximate surface area is 64.4 Å². The van der Waals surface area contributed by atoms with Gasteiger partial charge in [0.15, 0.2) is 0 Å². The van der Waals surface area contributed by atoms with Crippen molar-refractivity contribution in [2.75, 3.05) is 0 Å². The first-order valence-electron chi connectivity index (χ1n) is 3.32. The SMILES string of the molecule is C=C/C=C\c1c(C)[nH][nH]c1=O. The molecule has 3 nitrogen and oxygen atoms in total. The van der Waals surface area contributed by atoms with Gasteiger partial charge in [0.25, 0.3) is 5.56 Å². The molecular formula is C8H10N2O. The zero-order valence-corrected chi connectivity index (χ0v) is 6.35. The van der Waals surface area contributed by atoms with Crippen molar-refractivity contribution in [3.63, 3.8) is 0 Å². The summed E-state index contributed by atoms with van der Waals surface area (Å²) in [4.78, 5) is 11.0. The normalized spacial score (nSPS) is 10.6. The van der Waals surface area contributed by atoms with Crippen LogP contribution in [0.15, 0.2) is 23.5 Å². The maximum Gasteiger partial charge on any atom is 0.271 e.